The Balaban J connectivity index is -0.000000966. The van der Waals surface area contributed by atoms with Crippen LogP contribution < -0.4 is 0 Å². The van der Waals surface area contributed by atoms with Gasteiger partial charge in [0.05, 0.1) is 20.2 Å². The van der Waals surface area contributed by atoms with E-state index in [0.717, 1.165) is 25.7 Å². The number of hydrogen-bond acceptors (Lipinski definition) is 8. The van der Waals surface area contributed by atoms with E-state index in [0.29, 0.717) is 0 Å². The molecule has 0 aliphatic heterocycles. The standard InChI is InChI=1S/2C21H41NO4S.Ca/c2*1-3-4-5-6-7-8-9-10-11-12-13-14-15-16-18-21(23)22(2)19-17-20-27(24,25)26;/h2*16,18H,3-15,17,19-20H2,1-2H3,(H,24,25,26);/q;;+2/p-2/b2*18-16+;. The van der Waals surface area contributed by atoms with Gasteiger partial charge in [0.1, 0.15) is 0 Å². The number of hydrogen-bond donors (Lipinski definition) is 0. The van der Waals surface area contributed by atoms with Crippen LogP contribution in [-0.4, -0.2) is 124 Å². The summed E-state index contributed by atoms with van der Waals surface area (Å²) in [6.45, 7) is 5.06. The number of unbranched alkanes of at least 4 members (excludes halogenated alkanes) is 24. The van der Waals surface area contributed by atoms with Crippen molar-refractivity contribution in [3.63, 3.8) is 0 Å². The maximum atomic E-state index is 11.8. The summed E-state index contributed by atoms with van der Waals surface area (Å²) in [5.74, 6) is -1.13. The molecule has 0 fully saturated rings. The second-order valence-electron chi connectivity index (χ2n) is 14.9. The van der Waals surface area contributed by atoms with Gasteiger partial charge in [0.2, 0.25) is 11.8 Å². The summed E-state index contributed by atoms with van der Waals surface area (Å²) in [6.07, 6.45) is 40.7. The van der Waals surface area contributed by atoms with E-state index >= 15 is 0 Å². The van der Waals surface area contributed by atoms with E-state index < -0.39 is 31.7 Å². The Morgan fingerprint density at radius 1 is 0.436 bits per heavy atom. The van der Waals surface area contributed by atoms with Crippen LogP contribution >= 0.6 is 0 Å². The quantitative estimate of drug-likeness (QED) is 0.0261. The van der Waals surface area contributed by atoms with E-state index in [1.807, 2.05) is 12.2 Å². The average Bonchev–Trinajstić information content (AvgIpc) is 3.10. The molecule has 0 bridgehead atoms. The Bertz CT molecular complexity index is 1070. The molecular formula is C42H80CaN2O8S2. The summed E-state index contributed by atoms with van der Waals surface area (Å²) in [6, 6.07) is 0. The molecule has 0 rings (SSSR count). The molecule has 0 unspecified atom stereocenters. The zero-order valence-corrected chi connectivity index (χ0v) is 39.5. The molecule has 10 nitrogen and oxygen atoms in total. The van der Waals surface area contributed by atoms with Crippen molar-refractivity contribution >= 4 is 69.8 Å². The first-order valence-electron chi connectivity index (χ1n) is 21.4. The number of amides is 2. The van der Waals surface area contributed by atoms with Crippen LogP contribution in [0.1, 0.15) is 194 Å². The second-order valence-corrected chi connectivity index (χ2v) is 18.0. The molecule has 0 aliphatic rings. The predicted octanol–water partition coefficient (Wildman–Crippen LogP) is 9.67. The van der Waals surface area contributed by atoms with Crippen LogP contribution in [0, 0.1) is 0 Å². The minimum absolute atomic E-state index is 0. The molecule has 0 saturated carbocycles. The Kier molecular flexibility index (Phi) is 44.5. The monoisotopic (exact) mass is 844 g/mol. The number of nitrogens with zero attached hydrogens (tertiary/aromatic N) is 2. The molecule has 0 aliphatic carbocycles. The molecule has 0 spiro atoms. The molecule has 2 amide bonds. The minimum Gasteiger partial charge on any atom is -0.748 e. The summed E-state index contributed by atoms with van der Waals surface area (Å²) in [7, 11) is -5.15. The molecular weight excluding hydrogens is 765 g/mol. The van der Waals surface area contributed by atoms with Gasteiger partial charge >= 0.3 is 37.7 Å². The van der Waals surface area contributed by atoms with Crippen LogP contribution in [0.3, 0.4) is 0 Å². The van der Waals surface area contributed by atoms with Crippen molar-refractivity contribution in [3.05, 3.63) is 24.3 Å². The summed E-state index contributed by atoms with van der Waals surface area (Å²) < 4.78 is 63.2. The Morgan fingerprint density at radius 2 is 0.673 bits per heavy atom. The van der Waals surface area contributed by atoms with Crippen molar-refractivity contribution in [1.29, 1.82) is 0 Å². The third kappa shape index (κ3) is 49.6. The molecule has 320 valence electrons. The van der Waals surface area contributed by atoms with E-state index in [9.17, 15) is 35.5 Å². The van der Waals surface area contributed by atoms with Crippen molar-refractivity contribution in [2.24, 2.45) is 0 Å². The Hall–Kier alpha value is -0.500. The third-order valence-corrected chi connectivity index (χ3v) is 11.1. The summed E-state index contributed by atoms with van der Waals surface area (Å²) in [5.41, 5.74) is 0. The molecule has 55 heavy (non-hydrogen) atoms. The third-order valence-electron chi connectivity index (χ3n) is 9.50. The zero-order chi connectivity index (χ0) is 40.8. The Morgan fingerprint density at radius 3 is 0.909 bits per heavy atom. The van der Waals surface area contributed by atoms with Crippen LogP contribution in [0.5, 0.6) is 0 Å². The van der Waals surface area contributed by atoms with Crippen LogP contribution in [0.4, 0.5) is 0 Å². The SMILES string of the molecule is CCCCCCCCCCCCCC/C=C/C(=O)N(C)CCCS(=O)(=O)[O-].CCCCCCCCCCCCCC/C=C/C(=O)N(C)CCCS(=O)(=O)[O-].[Ca+2]. The van der Waals surface area contributed by atoms with Gasteiger partial charge < -0.3 is 18.9 Å². The first-order valence-corrected chi connectivity index (χ1v) is 24.6. The molecule has 0 radical (unpaired) electrons. The van der Waals surface area contributed by atoms with Gasteiger partial charge in [-0.1, -0.05) is 167 Å². The van der Waals surface area contributed by atoms with Gasteiger partial charge in [-0.2, -0.15) is 0 Å². The molecule has 0 aromatic heterocycles. The fourth-order valence-corrected chi connectivity index (χ4v) is 6.97. The van der Waals surface area contributed by atoms with E-state index in [1.54, 1.807) is 26.2 Å². The van der Waals surface area contributed by atoms with Crippen LogP contribution in [0.2, 0.25) is 0 Å². The maximum Gasteiger partial charge on any atom is 2.00 e. The normalized spacial score (nSPS) is 11.7. The summed E-state index contributed by atoms with van der Waals surface area (Å²) >= 11 is 0. The van der Waals surface area contributed by atoms with E-state index in [2.05, 4.69) is 13.8 Å². The van der Waals surface area contributed by atoms with E-state index in [1.165, 1.54) is 151 Å². The first kappa shape index (κ1) is 58.8. The van der Waals surface area contributed by atoms with Crippen molar-refractivity contribution in [2.75, 3.05) is 38.7 Å². The van der Waals surface area contributed by atoms with Gasteiger partial charge in [0.25, 0.3) is 0 Å². The van der Waals surface area contributed by atoms with Crippen molar-refractivity contribution in [1.82, 2.24) is 9.80 Å². The number of carbonyl (C=O) groups excluding carboxylic acids is 2. The number of allylic oxidation sites excluding steroid dienone is 2. The Labute approximate surface area is 369 Å². The van der Waals surface area contributed by atoms with Crippen molar-refractivity contribution in [2.45, 2.75) is 194 Å². The van der Waals surface area contributed by atoms with Crippen LogP contribution in [0.25, 0.3) is 0 Å². The van der Waals surface area contributed by atoms with E-state index in [-0.39, 0.29) is 75.5 Å². The molecule has 0 atom stereocenters. The van der Waals surface area contributed by atoms with E-state index in [4.69, 9.17) is 0 Å². The second kappa shape index (κ2) is 41.7. The van der Waals surface area contributed by atoms with Gasteiger partial charge in [0, 0.05) is 38.7 Å². The molecule has 13 heteroatoms. The number of rotatable bonds is 36. The van der Waals surface area contributed by atoms with Gasteiger partial charge in [-0.05, 0) is 50.7 Å². The minimum atomic E-state index is -4.19. The summed E-state index contributed by atoms with van der Waals surface area (Å²) in [4.78, 5) is 26.6. The largest absolute Gasteiger partial charge is 2.00 e. The van der Waals surface area contributed by atoms with Crippen LogP contribution in [-0.2, 0) is 29.8 Å². The van der Waals surface area contributed by atoms with Crippen molar-refractivity contribution < 1.29 is 35.5 Å². The molecule has 0 heterocycles. The molecule has 0 saturated heterocycles. The van der Waals surface area contributed by atoms with Crippen LogP contribution in [0.15, 0.2) is 24.3 Å². The fraction of sp³-hybridized carbons (Fsp3) is 0.857. The zero-order valence-electron chi connectivity index (χ0n) is 35.6. The topological polar surface area (TPSA) is 155 Å². The van der Waals surface area contributed by atoms with Crippen molar-refractivity contribution in [3.8, 4) is 0 Å². The van der Waals surface area contributed by atoms with Gasteiger partial charge in [-0.3, -0.25) is 9.59 Å². The number of carbonyl (C=O) groups is 2. The van der Waals surface area contributed by atoms with Gasteiger partial charge in [-0.25, -0.2) is 16.8 Å². The summed E-state index contributed by atoms with van der Waals surface area (Å²) in [5, 5.41) is 0. The maximum absolute atomic E-state index is 11.8. The fourth-order valence-electron chi connectivity index (χ4n) is 6.01. The molecule has 0 N–H and O–H groups in total. The smallest absolute Gasteiger partial charge is 0.748 e. The van der Waals surface area contributed by atoms with Gasteiger partial charge in [0.15, 0.2) is 0 Å². The first-order chi connectivity index (χ1) is 25.7. The average molecular weight is 845 g/mol. The number of likely N-dealkylation sites (N-methyl/N-ethyl adjacent to an activating group) is 2. The molecule has 0 aromatic rings. The predicted molar refractivity (Wildman–Crippen MR) is 229 cm³/mol. The van der Waals surface area contributed by atoms with Gasteiger partial charge in [-0.15, -0.1) is 0 Å². The molecule has 0 aromatic carbocycles.